The molecular formula is C15H19NO. The van der Waals surface area contributed by atoms with Crippen LogP contribution in [0.1, 0.15) is 37.9 Å². The van der Waals surface area contributed by atoms with E-state index in [-0.39, 0.29) is 0 Å². The smallest absolute Gasteiger partial charge is 0.226 e. The van der Waals surface area contributed by atoms with Gasteiger partial charge in [-0.3, -0.25) is 0 Å². The average Bonchev–Trinajstić information content (AvgIpc) is 2.86. The summed E-state index contributed by atoms with van der Waals surface area (Å²) in [5.74, 6) is 0.726. The summed E-state index contributed by atoms with van der Waals surface area (Å²) < 4.78 is 5.45. The molecule has 0 bridgehead atoms. The first-order valence-electron chi connectivity index (χ1n) is 6.37. The Kier molecular flexibility index (Phi) is 3.97. The Bertz CT molecular complexity index is 456. The molecule has 0 N–H and O–H groups in total. The van der Waals surface area contributed by atoms with E-state index in [9.17, 15) is 0 Å². The summed E-state index contributed by atoms with van der Waals surface area (Å²) in [7, 11) is 0. The van der Waals surface area contributed by atoms with Crippen molar-refractivity contribution < 1.29 is 4.42 Å². The third-order valence-electron chi connectivity index (χ3n) is 2.93. The molecule has 0 radical (unpaired) electrons. The van der Waals surface area contributed by atoms with Crippen LogP contribution in [0, 0.1) is 0 Å². The van der Waals surface area contributed by atoms with Crippen molar-refractivity contribution in [3.8, 4) is 11.5 Å². The van der Waals surface area contributed by atoms with E-state index in [2.05, 4.69) is 43.1 Å². The third-order valence-corrected chi connectivity index (χ3v) is 2.93. The van der Waals surface area contributed by atoms with E-state index in [0.29, 0.717) is 0 Å². The molecule has 0 atom stereocenters. The van der Waals surface area contributed by atoms with Gasteiger partial charge in [-0.25, -0.2) is 4.98 Å². The highest BCUT2D eigenvalue weighted by Gasteiger charge is 2.05. The van der Waals surface area contributed by atoms with Gasteiger partial charge in [0.15, 0.2) is 0 Å². The monoisotopic (exact) mass is 229 g/mol. The molecule has 0 aliphatic carbocycles. The zero-order chi connectivity index (χ0) is 12.1. The van der Waals surface area contributed by atoms with Gasteiger partial charge in [-0.1, -0.05) is 32.4 Å². The van der Waals surface area contributed by atoms with Crippen molar-refractivity contribution in [3.63, 3.8) is 0 Å². The van der Waals surface area contributed by atoms with Crippen LogP contribution in [0.3, 0.4) is 0 Å². The number of nitrogens with zero attached hydrogens (tertiary/aromatic N) is 1. The number of aryl methyl sites for hydroxylation is 2. The van der Waals surface area contributed by atoms with Crippen LogP contribution in [0.15, 0.2) is 34.9 Å². The summed E-state index contributed by atoms with van der Waals surface area (Å²) >= 11 is 0. The summed E-state index contributed by atoms with van der Waals surface area (Å²) in [6.45, 7) is 4.29. The first kappa shape index (κ1) is 11.9. The summed E-state index contributed by atoms with van der Waals surface area (Å²) in [5, 5.41) is 0. The Hall–Kier alpha value is -1.57. The highest BCUT2D eigenvalue weighted by Crippen LogP contribution is 2.20. The summed E-state index contributed by atoms with van der Waals surface area (Å²) in [5.41, 5.74) is 3.46. The number of unbranched alkanes of at least 4 members (excludes halogenated alkanes) is 1. The maximum atomic E-state index is 5.45. The molecular weight excluding hydrogens is 210 g/mol. The van der Waals surface area contributed by atoms with Crippen LogP contribution in [-0.2, 0) is 12.8 Å². The molecule has 1 heterocycles. The van der Waals surface area contributed by atoms with Gasteiger partial charge in [0.1, 0.15) is 6.26 Å². The van der Waals surface area contributed by atoms with Gasteiger partial charge in [0.25, 0.3) is 0 Å². The highest BCUT2D eigenvalue weighted by atomic mass is 16.3. The zero-order valence-corrected chi connectivity index (χ0v) is 10.6. The van der Waals surface area contributed by atoms with E-state index in [1.165, 1.54) is 18.4 Å². The SMILES string of the molecule is CCCCc1ccc(-c2nc(CC)co2)cc1. The van der Waals surface area contributed by atoms with Gasteiger partial charge in [-0.05, 0) is 37.0 Å². The lowest BCUT2D eigenvalue weighted by molar-refractivity contribution is 0.573. The second kappa shape index (κ2) is 5.67. The van der Waals surface area contributed by atoms with Crippen molar-refractivity contribution in [2.75, 3.05) is 0 Å². The first-order chi connectivity index (χ1) is 8.33. The fraction of sp³-hybridized carbons (Fsp3) is 0.400. The van der Waals surface area contributed by atoms with Crippen LogP contribution < -0.4 is 0 Å². The molecule has 0 aliphatic rings. The van der Waals surface area contributed by atoms with Gasteiger partial charge in [0, 0.05) is 5.56 Å². The Morgan fingerprint density at radius 3 is 2.47 bits per heavy atom. The molecule has 0 aliphatic heterocycles. The molecule has 17 heavy (non-hydrogen) atoms. The van der Waals surface area contributed by atoms with Gasteiger partial charge in [-0.2, -0.15) is 0 Å². The van der Waals surface area contributed by atoms with Crippen LogP contribution in [0.2, 0.25) is 0 Å². The van der Waals surface area contributed by atoms with Crippen LogP contribution in [0.4, 0.5) is 0 Å². The largest absolute Gasteiger partial charge is 0.444 e. The molecule has 0 unspecified atom stereocenters. The number of aromatic nitrogens is 1. The van der Waals surface area contributed by atoms with Crippen molar-refractivity contribution in [3.05, 3.63) is 41.8 Å². The van der Waals surface area contributed by atoms with Crippen molar-refractivity contribution in [2.45, 2.75) is 39.5 Å². The molecule has 2 rings (SSSR count). The minimum absolute atomic E-state index is 0.726. The van der Waals surface area contributed by atoms with E-state index >= 15 is 0 Å². The van der Waals surface area contributed by atoms with E-state index in [1.54, 1.807) is 6.26 Å². The molecule has 0 saturated heterocycles. The molecule has 0 amide bonds. The van der Waals surface area contributed by atoms with E-state index < -0.39 is 0 Å². The Balaban J connectivity index is 2.11. The Labute approximate surface area is 103 Å². The lowest BCUT2D eigenvalue weighted by Gasteiger charge is -2.00. The maximum Gasteiger partial charge on any atom is 0.226 e. The van der Waals surface area contributed by atoms with Crippen LogP contribution in [-0.4, -0.2) is 4.98 Å². The Morgan fingerprint density at radius 1 is 1.12 bits per heavy atom. The van der Waals surface area contributed by atoms with Gasteiger partial charge in [0.05, 0.1) is 5.69 Å². The fourth-order valence-corrected chi connectivity index (χ4v) is 1.80. The number of hydrogen-bond acceptors (Lipinski definition) is 2. The third kappa shape index (κ3) is 2.96. The van der Waals surface area contributed by atoms with Crippen molar-refractivity contribution in [1.29, 1.82) is 0 Å². The van der Waals surface area contributed by atoms with Gasteiger partial charge in [-0.15, -0.1) is 0 Å². The quantitative estimate of drug-likeness (QED) is 0.766. The number of hydrogen-bond donors (Lipinski definition) is 0. The van der Waals surface area contributed by atoms with Gasteiger partial charge >= 0.3 is 0 Å². The molecule has 2 nitrogen and oxygen atoms in total. The van der Waals surface area contributed by atoms with Gasteiger partial charge in [0.2, 0.25) is 5.89 Å². The lowest BCUT2D eigenvalue weighted by Crippen LogP contribution is -1.85. The molecule has 0 spiro atoms. The number of oxazole rings is 1. The van der Waals surface area contributed by atoms with E-state index in [0.717, 1.165) is 30.0 Å². The molecule has 0 fully saturated rings. The second-order valence-corrected chi connectivity index (χ2v) is 4.30. The average molecular weight is 229 g/mol. The van der Waals surface area contributed by atoms with Crippen LogP contribution >= 0.6 is 0 Å². The molecule has 1 aromatic heterocycles. The van der Waals surface area contributed by atoms with E-state index in [4.69, 9.17) is 4.42 Å². The fourth-order valence-electron chi connectivity index (χ4n) is 1.80. The summed E-state index contributed by atoms with van der Waals surface area (Å²) in [6.07, 6.45) is 6.29. The number of benzene rings is 1. The second-order valence-electron chi connectivity index (χ2n) is 4.30. The molecule has 90 valence electrons. The predicted molar refractivity (Wildman–Crippen MR) is 69.9 cm³/mol. The van der Waals surface area contributed by atoms with Gasteiger partial charge < -0.3 is 4.42 Å². The minimum atomic E-state index is 0.726. The van der Waals surface area contributed by atoms with Crippen molar-refractivity contribution >= 4 is 0 Å². The minimum Gasteiger partial charge on any atom is -0.444 e. The predicted octanol–water partition coefficient (Wildman–Crippen LogP) is 4.25. The van der Waals surface area contributed by atoms with Crippen LogP contribution in [0.5, 0.6) is 0 Å². The standard InChI is InChI=1S/C15H19NO/c1-3-5-6-12-7-9-13(10-8-12)15-16-14(4-2)11-17-15/h7-11H,3-6H2,1-2H3. The number of rotatable bonds is 5. The molecule has 0 saturated carbocycles. The van der Waals surface area contributed by atoms with Crippen molar-refractivity contribution in [2.24, 2.45) is 0 Å². The zero-order valence-electron chi connectivity index (χ0n) is 10.6. The lowest BCUT2D eigenvalue weighted by atomic mass is 10.1. The first-order valence-corrected chi connectivity index (χ1v) is 6.37. The topological polar surface area (TPSA) is 26.0 Å². The van der Waals surface area contributed by atoms with Crippen molar-refractivity contribution in [1.82, 2.24) is 4.98 Å². The summed E-state index contributed by atoms with van der Waals surface area (Å²) in [4.78, 5) is 4.42. The van der Waals surface area contributed by atoms with Crippen LogP contribution in [0.25, 0.3) is 11.5 Å². The Morgan fingerprint density at radius 2 is 1.88 bits per heavy atom. The molecule has 1 aromatic carbocycles. The van der Waals surface area contributed by atoms with E-state index in [1.807, 2.05) is 0 Å². The normalized spacial score (nSPS) is 10.7. The molecule has 2 heteroatoms. The summed E-state index contributed by atoms with van der Waals surface area (Å²) in [6, 6.07) is 8.52. The maximum absolute atomic E-state index is 5.45. The molecule has 2 aromatic rings. The highest BCUT2D eigenvalue weighted by molar-refractivity contribution is 5.53.